The van der Waals surface area contributed by atoms with E-state index in [0.29, 0.717) is 13.2 Å². The van der Waals surface area contributed by atoms with Crippen molar-refractivity contribution in [1.29, 1.82) is 0 Å². The molecule has 0 saturated carbocycles. The van der Waals surface area contributed by atoms with Gasteiger partial charge in [0.1, 0.15) is 11.4 Å². The molecule has 1 fully saturated rings. The van der Waals surface area contributed by atoms with Crippen LogP contribution in [0.3, 0.4) is 0 Å². The Morgan fingerprint density at radius 2 is 2.42 bits per heavy atom. The van der Waals surface area contributed by atoms with E-state index in [-0.39, 0.29) is 17.5 Å². The van der Waals surface area contributed by atoms with Gasteiger partial charge in [-0.1, -0.05) is 0 Å². The van der Waals surface area contributed by atoms with Crippen molar-refractivity contribution in [2.24, 2.45) is 0 Å². The number of carboxylic acid groups (broad SMARTS) is 1. The summed E-state index contributed by atoms with van der Waals surface area (Å²) in [5.74, 6) is -1.08. The Labute approximate surface area is 110 Å². The van der Waals surface area contributed by atoms with Gasteiger partial charge in [-0.3, -0.25) is 9.48 Å². The predicted octanol–water partition coefficient (Wildman–Crippen LogP) is -0.575. The SMILES string of the molecule is O=C(O)Cn1cc(S(=O)(=O)NC2CCCOC2)cn1. The number of carbonyl (C=O) groups is 1. The number of sulfonamides is 1. The first-order valence-corrected chi connectivity index (χ1v) is 7.30. The molecule has 1 aromatic heterocycles. The van der Waals surface area contributed by atoms with Crippen LogP contribution in [0.2, 0.25) is 0 Å². The third kappa shape index (κ3) is 3.75. The van der Waals surface area contributed by atoms with Gasteiger partial charge in [0.25, 0.3) is 0 Å². The fraction of sp³-hybridized carbons (Fsp3) is 0.600. The molecule has 0 aromatic carbocycles. The number of aliphatic carboxylic acids is 1. The van der Waals surface area contributed by atoms with Crippen molar-refractivity contribution in [2.45, 2.75) is 30.3 Å². The normalized spacial score (nSPS) is 20.3. The maximum absolute atomic E-state index is 12.0. The molecule has 1 aliphatic rings. The van der Waals surface area contributed by atoms with E-state index >= 15 is 0 Å². The van der Waals surface area contributed by atoms with Gasteiger partial charge in [-0.25, -0.2) is 13.1 Å². The molecule has 106 valence electrons. The first kappa shape index (κ1) is 14.0. The van der Waals surface area contributed by atoms with E-state index in [1.807, 2.05) is 0 Å². The first-order valence-electron chi connectivity index (χ1n) is 5.82. The minimum absolute atomic E-state index is 0.0423. The van der Waals surface area contributed by atoms with Gasteiger partial charge in [0.2, 0.25) is 10.0 Å². The van der Waals surface area contributed by atoms with Crippen molar-refractivity contribution >= 4 is 16.0 Å². The van der Waals surface area contributed by atoms with Crippen LogP contribution in [-0.2, 0) is 26.1 Å². The van der Waals surface area contributed by atoms with E-state index < -0.39 is 16.0 Å². The van der Waals surface area contributed by atoms with E-state index in [2.05, 4.69) is 9.82 Å². The van der Waals surface area contributed by atoms with Gasteiger partial charge in [0.05, 0.1) is 12.8 Å². The minimum Gasteiger partial charge on any atom is -0.480 e. The molecule has 1 aliphatic heterocycles. The molecule has 2 heterocycles. The fourth-order valence-corrected chi connectivity index (χ4v) is 3.04. The summed E-state index contributed by atoms with van der Waals surface area (Å²) in [5, 5.41) is 12.3. The summed E-state index contributed by atoms with van der Waals surface area (Å²) in [5.41, 5.74) is 0. The zero-order chi connectivity index (χ0) is 13.9. The lowest BCUT2D eigenvalue weighted by Crippen LogP contribution is -2.40. The van der Waals surface area contributed by atoms with E-state index in [4.69, 9.17) is 9.84 Å². The minimum atomic E-state index is -3.68. The molecular weight excluding hydrogens is 274 g/mol. The van der Waals surface area contributed by atoms with Gasteiger partial charge in [0.15, 0.2) is 0 Å². The van der Waals surface area contributed by atoms with Gasteiger partial charge in [-0.15, -0.1) is 0 Å². The van der Waals surface area contributed by atoms with Crippen molar-refractivity contribution in [3.8, 4) is 0 Å². The van der Waals surface area contributed by atoms with Crippen molar-refractivity contribution in [3.63, 3.8) is 0 Å². The summed E-state index contributed by atoms with van der Waals surface area (Å²) in [6.07, 6.45) is 3.86. The van der Waals surface area contributed by atoms with Crippen LogP contribution in [0.4, 0.5) is 0 Å². The molecule has 19 heavy (non-hydrogen) atoms. The van der Waals surface area contributed by atoms with Gasteiger partial charge < -0.3 is 9.84 Å². The maximum Gasteiger partial charge on any atom is 0.325 e. The summed E-state index contributed by atoms with van der Waals surface area (Å²) < 4.78 is 32.8. The Balaban J connectivity index is 2.06. The van der Waals surface area contributed by atoms with Crippen LogP contribution >= 0.6 is 0 Å². The van der Waals surface area contributed by atoms with Crippen LogP contribution in [-0.4, -0.2) is 48.5 Å². The van der Waals surface area contributed by atoms with E-state index in [1.165, 1.54) is 6.20 Å². The highest BCUT2D eigenvalue weighted by atomic mass is 32.2. The number of hydrogen-bond donors (Lipinski definition) is 2. The number of rotatable bonds is 5. The molecule has 8 nitrogen and oxygen atoms in total. The summed E-state index contributed by atoms with van der Waals surface area (Å²) in [6, 6.07) is -0.249. The van der Waals surface area contributed by atoms with Crippen LogP contribution in [0.5, 0.6) is 0 Å². The third-order valence-electron chi connectivity index (χ3n) is 2.70. The number of ether oxygens (including phenoxy) is 1. The second-order valence-electron chi connectivity index (χ2n) is 4.30. The van der Waals surface area contributed by atoms with Crippen LogP contribution in [0, 0.1) is 0 Å². The maximum atomic E-state index is 12.0. The molecule has 2 N–H and O–H groups in total. The monoisotopic (exact) mass is 289 g/mol. The molecule has 2 rings (SSSR count). The van der Waals surface area contributed by atoms with Crippen LogP contribution in [0.15, 0.2) is 17.3 Å². The molecule has 0 aliphatic carbocycles. The van der Waals surface area contributed by atoms with Crippen molar-refractivity contribution in [2.75, 3.05) is 13.2 Å². The molecule has 0 spiro atoms. The molecule has 9 heteroatoms. The van der Waals surface area contributed by atoms with Crippen molar-refractivity contribution in [3.05, 3.63) is 12.4 Å². The lowest BCUT2D eigenvalue weighted by atomic mass is 10.1. The first-order chi connectivity index (χ1) is 8.97. The molecule has 1 unspecified atom stereocenters. The summed E-state index contributed by atoms with van der Waals surface area (Å²) in [6.45, 7) is 0.624. The van der Waals surface area contributed by atoms with Gasteiger partial charge >= 0.3 is 5.97 Å². The average Bonchev–Trinajstić information content (AvgIpc) is 2.78. The topological polar surface area (TPSA) is 111 Å². The quantitative estimate of drug-likeness (QED) is 0.750. The highest BCUT2D eigenvalue weighted by Crippen LogP contribution is 2.12. The summed E-state index contributed by atoms with van der Waals surface area (Å²) >= 11 is 0. The van der Waals surface area contributed by atoms with Crippen molar-refractivity contribution < 1.29 is 23.1 Å². The smallest absolute Gasteiger partial charge is 0.325 e. The molecule has 0 amide bonds. The zero-order valence-electron chi connectivity index (χ0n) is 10.2. The van der Waals surface area contributed by atoms with Crippen molar-refractivity contribution in [1.82, 2.24) is 14.5 Å². The second-order valence-corrected chi connectivity index (χ2v) is 6.02. The highest BCUT2D eigenvalue weighted by molar-refractivity contribution is 7.89. The van der Waals surface area contributed by atoms with Gasteiger partial charge in [0, 0.05) is 18.8 Å². The average molecular weight is 289 g/mol. The largest absolute Gasteiger partial charge is 0.480 e. The third-order valence-corrected chi connectivity index (χ3v) is 4.17. The number of nitrogens with zero attached hydrogens (tertiary/aromatic N) is 2. The summed E-state index contributed by atoms with van der Waals surface area (Å²) in [4.78, 5) is 10.5. The molecular formula is C10H15N3O5S. The standard InChI is InChI=1S/C10H15N3O5S/c14-10(15)6-13-5-9(4-11-13)19(16,17)12-8-2-1-3-18-7-8/h4-5,8,12H,1-3,6-7H2,(H,14,15). The Morgan fingerprint density at radius 1 is 1.63 bits per heavy atom. The highest BCUT2D eigenvalue weighted by Gasteiger charge is 2.23. The lowest BCUT2D eigenvalue weighted by molar-refractivity contribution is -0.137. The molecule has 1 aromatic rings. The van der Waals surface area contributed by atoms with Crippen LogP contribution in [0.1, 0.15) is 12.8 Å². The van der Waals surface area contributed by atoms with Crippen LogP contribution in [0.25, 0.3) is 0 Å². The van der Waals surface area contributed by atoms with Crippen LogP contribution < -0.4 is 4.72 Å². The molecule has 0 radical (unpaired) electrons. The summed E-state index contributed by atoms with van der Waals surface area (Å²) in [7, 11) is -3.68. The molecule has 1 atom stereocenters. The van der Waals surface area contributed by atoms with Gasteiger partial charge in [-0.05, 0) is 12.8 Å². The number of nitrogens with one attached hydrogen (secondary N) is 1. The lowest BCUT2D eigenvalue weighted by Gasteiger charge is -2.22. The number of aromatic nitrogens is 2. The zero-order valence-corrected chi connectivity index (χ0v) is 11.0. The van der Waals surface area contributed by atoms with E-state index in [1.54, 1.807) is 0 Å². The molecule has 1 saturated heterocycles. The Morgan fingerprint density at radius 3 is 3.05 bits per heavy atom. The Kier molecular flexibility index (Phi) is 4.17. The molecule has 0 bridgehead atoms. The predicted molar refractivity (Wildman–Crippen MR) is 64.0 cm³/mol. The Bertz CT molecular complexity index is 547. The van der Waals surface area contributed by atoms with Gasteiger partial charge in [-0.2, -0.15) is 5.10 Å². The van der Waals surface area contributed by atoms with E-state index in [0.717, 1.165) is 23.7 Å². The number of hydrogen-bond acceptors (Lipinski definition) is 5. The second kappa shape index (κ2) is 5.68. The fourth-order valence-electron chi connectivity index (χ4n) is 1.83. The Hall–Kier alpha value is -1.45. The number of carboxylic acids is 1. The van der Waals surface area contributed by atoms with E-state index in [9.17, 15) is 13.2 Å².